The lowest BCUT2D eigenvalue weighted by molar-refractivity contribution is -0.0705. The highest BCUT2D eigenvalue weighted by Gasteiger charge is 2.51. The Labute approximate surface area is 157 Å². The van der Waals surface area contributed by atoms with Crippen LogP contribution >= 0.6 is 0 Å². The lowest BCUT2D eigenvalue weighted by Crippen LogP contribution is -2.72. The number of hydrogen-bond acceptors (Lipinski definition) is 5. The standard InChI is InChI=1S/C20H24FN3O3/c1-14-6-9-26-17(14)19(25)24-12-20(13-24)10-15(5-8-23(20)2)11-27-18-16(21)4-3-7-22-18/h3-4,6-7,9,15H,5,8,10-13H2,1-2H3/t15-/m0/s1. The molecular weight excluding hydrogens is 349 g/mol. The van der Waals surface area contributed by atoms with Crippen LogP contribution in [0, 0.1) is 18.7 Å². The molecule has 0 radical (unpaired) electrons. The monoisotopic (exact) mass is 373 g/mol. The van der Waals surface area contributed by atoms with Gasteiger partial charge in [0.1, 0.15) is 0 Å². The van der Waals surface area contributed by atoms with Gasteiger partial charge in [-0.25, -0.2) is 9.37 Å². The molecule has 4 heterocycles. The third-order valence-electron chi connectivity index (χ3n) is 5.85. The van der Waals surface area contributed by atoms with E-state index in [2.05, 4.69) is 16.9 Å². The van der Waals surface area contributed by atoms with Gasteiger partial charge in [0.15, 0.2) is 11.6 Å². The molecule has 0 aromatic carbocycles. The van der Waals surface area contributed by atoms with Crippen molar-refractivity contribution in [3.05, 3.63) is 47.8 Å². The van der Waals surface area contributed by atoms with E-state index in [1.165, 1.54) is 12.3 Å². The molecule has 1 amide bonds. The Morgan fingerprint density at radius 1 is 1.44 bits per heavy atom. The Hall–Kier alpha value is -2.41. The number of amides is 1. The van der Waals surface area contributed by atoms with Gasteiger partial charge >= 0.3 is 0 Å². The maximum Gasteiger partial charge on any atom is 0.289 e. The van der Waals surface area contributed by atoms with Gasteiger partial charge in [-0.05, 0) is 57.5 Å². The van der Waals surface area contributed by atoms with Gasteiger partial charge in [-0.15, -0.1) is 0 Å². The molecule has 2 saturated heterocycles. The molecule has 0 N–H and O–H groups in total. The fourth-order valence-corrected chi connectivity index (χ4v) is 4.14. The average Bonchev–Trinajstić information content (AvgIpc) is 3.06. The van der Waals surface area contributed by atoms with Crippen LogP contribution in [-0.2, 0) is 0 Å². The normalized spacial score (nSPS) is 21.9. The van der Waals surface area contributed by atoms with Crippen molar-refractivity contribution in [2.75, 3.05) is 33.3 Å². The number of likely N-dealkylation sites (tertiary alicyclic amines) is 2. The number of piperidine rings is 1. The fourth-order valence-electron chi connectivity index (χ4n) is 4.14. The Balaban J connectivity index is 1.37. The zero-order chi connectivity index (χ0) is 19.0. The van der Waals surface area contributed by atoms with Gasteiger partial charge in [-0.1, -0.05) is 0 Å². The highest BCUT2D eigenvalue weighted by molar-refractivity contribution is 5.93. The number of aromatic nitrogens is 1. The topological polar surface area (TPSA) is 58.8 Å². The van der Waals surface area contributed by atoms with E-state index in [-0.39, 0.29) is 17.3 Å². The summed E-state index contributed by atoms with van der Waals surface area (Å²) >= 11 is 0. The highest BCUT2D eigenvalue weighted by atomic mass is 19.1. The molecule has 0 saturated carbocycles. The lowest BCUT2D eigenvalue weighted by atomic mass is 9.75. The summed E-state index contributed by atoms with van der Waals surface area (Å²) in [5, 5.41) is 0. The molecule has 6 nitrogen and oxygen atoms in total. The van der Waals surface area contributed by atoms with Crippen LogP contribution in [0.3, 0.4) is 0 Å². The summed E-state index contributed by atoms with van der Waals surface area (Å²) in [6.07, 6.45) is 4.98. The van der Waals surface area contributed by atoms with E-state index in [4.69, 9.17) is 9.15 Å². The number of halogens is 1. The molecule has 2 aliphatic rings. The molecule has 0 unspecified atom stereocenters. The van der Waals surface area contributed by atoms with Crippen molar-refractivity contribution in [3.8, 4) is 5.88 Å². The third kappa shape index (κ3) is 3.32. The minimum absolute atomic E-state index is 0.0366. The number of furan rings is 1. The largest absolute Gasteiger partial charge is 0.475 e. The minimum Gasteiger partial charge on any atom is -0.475 e. The summed E-state index contributed by atoms with van der Waals surface area (Å²) in [6, 6.07) is 4.71. The number of carbonyl (C=O) groups excluding carboxylic acids is 1. The summed E-state index contributed by atoms with van der Waals surface area (Å²) in [5.74, 6) is 0.308. The van der Waals surface area contributed by atoms with Crippen LogP contribution in [0.4, 0.5) is 4.39 Å². The van der Waals surface area contributed by atoms with Crippen LogP contribution in [0.1, 0.15) is 29.0 Å². The van der Waals surface area contributed by atoms with E-state index in [9.17, 15) is 9.18 Å². The molecule has 4 rings (SSSR count). The molecule has 2 aliphatic heterocycles. The predicted molar refractivity (Wildman–Crippen MR) is 97.1 cm³/mol. The van der Waals surface area contributed by atoms with E-state index in [1.54, 1.807) is 18.4 Å². The van der Waals surface area contributed by atoms with Gasteiger partial charge in [0.25, 0.3) is 5.91 Å². The second kappa shape index (κ2) is 6.96. The zero-order valence-corrected chi connectivity index (χ0v) is 15.7. The van der Waals surface area contributed by atoms with E-state index in [1.807, 2.05) is 11.8 Å². The van der Waals surface area contributed by atoms with Crippen LogP contribution < -0.4 is 4.74 Å². The third-order valence-corrected chi connectivity index (χ3v) is 5.85. The Bertz CT molecular complexity index is 831. The van der Waals surface area contributed by atoms with Crippen LogP contribution in [0.15, 0.2) is 35.1 Å². The predicted octanol–water partition coefficient (Wildman–Crippen LogP) is 2.74. The molecule has 7 heteroatoms. The maximum absolute atomic E-state index is 13.7. The minimum atomic E-state index is -0.436. The van der Waals surface area contributed by atoms with Gasteiger partial charge in [0, 0.05) is 24.8 Å². The number of carbonyl (C=O) groups is 1. The molecule has 27 heavy (non-hydrogen) atoms. The number of rotatable bonds is 4. The number of ether oxygens (including phenoxy) is 1. The molecular formula is C20H24FN3O3. The second-order valence-electron chi connectivity index (χ2n) is 7.70. The van der Waals surface area contributed by atoms with E-state index in [0.29, 0.717) is 31.4 Å². The quantitative estimate of drug-likeness (QED) is 0.825. The van der Waals surface area contributed by atoms with Gasteiger partial charge < -0.3 is 14.1 Å². The summed E-state index contributed by atoms with van der Waals surface area (Å²) in [5.41, 5.74) is 0.826. The maximum atomic E-state index is 13.7. The number of aryl methyl sites for hydroxylation is 1. The molecule has 1 atom stereocenters. The lowest BCUT2D eigenvalue weighted by Gasteiger charge is -2.58. The van der Waals surface area contributed by atoms with Crippen molar-refractivity contribution >= 4 is 5.91 Å². The van der Waals surface area contributed by atoms with Gasteiger partial charge in [-0.2, -0.15) is 0 Å². The Kier molecular flexibility index (Phi) is 4.63. The number of nitrogens with zero attached hydrogens (tertiary/aromatic N) is 3. The molecule has 2 fully saturated rings. The van der Waals surface area contributed by atoms with Gasteiger partial charge in [0.05, 0.1) is 18.4 Å². The number of likely N-dealkylation sites (N-methyl/N-ethyl adjacent to an activating group) is 1. The summed E-state index contributed by atoms with van der Waals surface area (Å²) in [6.45, 7) is 4.60. The van der Waals surface area contributed by atoms with E-state index >= 15 is 0 Å². The van der Waals surface area contributed by atoms with Crippen molar-refractivity contribution < 1.29 is 18.3 Å². The molecule has 2 aromatic heterocycles. The van der Waals surface area contributed by atoms with Crippen LogP contribution in [0.5, 0.6) is 5.88 Å². The van der Waals surface area contributed by atoms with Gasteiger partial charge in [0.2, 0.25) is 5.88 Å². The Morgan fingerprint density at radius 3 is 2.96 bits per heavy atom. The van der Waals surface area contributed by atoms with Crippen molar-refractivity contribution in [2.24, 2.45) is 5.92 Å². The summed E-state index contributed by atoms with van der Waals surface area (Å²) < 4.78 is 24.7. The van der Waals surface area contributed by atoms with Crippen molar-refractivity contribution in [2.45, 2.75) is 25.3 Å². The first-order valence-electron chi connectivity index (χ1n) is 9.26. The van der Waals surface area contributed by atoms with Crippen LogP contribution in [0.2, 0.25) is 0 Å². The molecule has 0 aliphatic carbocycles. The summed E-state index contributed by atoms with van der Waals surface area (Å²) in [4.78, 5) is 20.7. The first-order chi connectivity index (χ1) is 13.0. The van der Waals surface area contributed by atoms with Crippen molar-refractivity contribution in [1.82, 2.24) is 14.8 Å². The Morgan fingerprint density at radius 2 is 2.26 bits per heavy atom. The highest BCUT2D eigenvalue weighted by Crippen LogP contribution is 2.39. The first-order valence-corrected chi connectivity index (χ1v) is 9.26. The second-order valence-corrected chi connectivity index (χ2v) is 7.70. The SMILES string of the molecule is Cc1ccoc1C(=O)N1CC2(C[C@@H](COc3ncccc3F)CCN2C)C1. The van der Waals surface area contributed by atoms with Crippen molar-refractivity contribution in [3.63, 3.8) is 0 Å². The van der Waals surface area contributed by atoms with E-state index in [0.717, 1.165) is 24.9 Å². The van der Waals surface area contributed by atoms with E-state index < -0.39 is 5.82 Å². The van der Waals surface area contributed by atoms with Crippen molar-refractivity contribution in [1.29, 1.82) is 0 Å². The van der Waals surface area contributed by atoms with Crippen LogP contribution in [-0.4, -0.2) is 59.5 Å². The smallest absolute Gasteiger partial charge is 0.289 e. The average molecular weight is 373 g/mol. The number of pyridine rings is 1. The first kappa shape index (κ1) is 18.0. The molecule has 1 spiro atoms. The van der Waals surface area contributed by atoms with Crippen LogP contribution in [0.25, 0.3) is 0 Å². The number of hydrogen-bond donors (Lipinski definition) is 0. The van der Waals surface area contributed by atoms with Gasteiger partial charge in [-0.3, -0.25) is 9.69 Å². The molecule has 0 bridgehead atoms. The molecule has 144 valence electrons. The fraction of sp³-hybridized carbons (Fsp3) is 0.500. The molecule has 2 aromatic rings. The zero-order valence-electron chi connectivity index (χ0n) is 15.7. The summed E-state index contributed by atoms with van der Waals surface area (Å²) in [7, 11) is 2.11.